The molecule has 0 saturated heterocycles. The Kier molecular flexibility index (Phi) is 6.43. The van der Waals surface area contributed by atoms with E-state index in [0.717, 1.165) is 10.4 Å². The maximum absolute atomic E-state index is 12.1. The van der Waals surface area contributed by atoms with Gasteiger partial charge in [0.1, 0.15) is 10.7 Å². The van der Waals surface area contributed by atoms with Crippen LogP contribution >= 0.6 is 23.6 Å². The van der Waals surface area contributed by atoms with Crippen LogP contribution in [-0.2, 0) is 11.2 Å². The summed E-state index contributed by atoms with van der Waals surface area (Å²) in [5, 5.41) is 3.66. The lowest BCUT2D eigenvalue weighted by molar-refractivity contribution is 0.0601. The van der Waals surface area contributed by atoms with E-state index in [1.807, 2.05) is 13.8 Å². The lowest BCUT2D eigenvalue weighted by Crippen LogP contribution is -2.44. The lowest BCUT2D eigenvalue weighted by Gasteiger charge is -2.11. The van der Waals surface area contributed by atoms with E-state index in [1.54, 1.807) is 18.2 Å². The third-order valence-electron chi connectivity index (χ3n) is 3.37. The summed E-state index contributed by atoms with van der Waals surface area (Å²) in [5.74, 6) is -0.849. The van der Waals surface area contributed by atoms with Crippen LogP contribution in [0.15, 0.2) is 24.4 Å². The normalized spacial score (nSPS) is 10.0. The molecule has 7 nitrogen and oxygen atoms in total. The molecular formula is C16H18N4O3S2. The molecule has 3 N–H and O–H groups in total. The van der Waals surface area contributed by atoms with Crippen LogP contribution in [0.2, 0.25) is 0 Å². The van der Waals surface area contributed by atoms with Crippen molar-refractivity contribution in [2.75, 3.05) is 12.4 Å². The zero-order valence-corrected chi connectivity index (χ0v) is 15.6. The maximum atomic E-state index is 12.1. The molecule has 2 aromatic rings. The first kappa shape index (κ1) is 18.8. The van der Waals surface area contributed by atoms with Gasteiger partial charge in [-0.3, -0.25) is 20.6 Å². The molecule has 9 heteroatoms. The average Bonchev–Trinajstić information content (AvgIpc) is 2.94. The van der Waals surface area contributed by atoms with Crippen LogP contribution in [0.4, 0.5) is 5.00 Å². The molecule has 0 spiro atoms. The number of hydrogen-bond acceptors (Lipinski definition) is 6. The van der Waals surface area contributed by atoms with E-state index >= 15 is 0 Å². The third kappa shape index (κ3) is 4.52. The second-order valence-corrected chi connectivity index (χ2v) is 6.57. The maximum Gasteiger partial charge on any atom is 0.341 e. The third-order valence-corrected chi connectivity index (χ3v) is 4.63. The Morgan fingerprint density at radius 3 is 2.68 bits per heavy atom. The second-order valence-electron chi connectivity index (χ2n) is 4.93. The van der Waals surface area contributed by atoms with Gasteiger partial charge in [0.25, 0.3) is 5.91 Å². The summed E-state index contributed by atoms with van der Waals surface area (Å²) in [5.41, 5.74) is 6.69. The summed E-state index contributed by atoms with van der Waals surface area (Å²) in [6.07, 6.45) is 2.22. The first-order chi connectivity index (χ1) is 12.0. The Labute approximate surface area is 154 Å². The molecule has 0 saturated carbocycles. The van der Waals surface area contributed by atoms with Crippen LogP contribution < -0.4 is 16.2 Å². The van der Waals surface area contributed by atoms with Gasteiger partial charge in [-0.2, -0.15) is 0 Å². The smallest absolute Gasteiger partial charge is 0.341 e. The highest BCUT2D eigenvalue weighted by Crippen LogP contribution is 2.33. The van der Waals surface area contributed by atoms with Gasteiger partial charge in [0.05, 0.1) is 12.7 Å². The van der Waals surface area contributed by atoms with Gasteiger partial charge in [-0.05, 0) is 43.3 Å². The summed E-state index contributed by atoms with van der Waals surface area (Å²) in [6, 6.07) is 5.01. The first-order valence-corrected chi connectivity index (χ1v) is 8.69. The number of anilines is 1. The Morgan fingerprint density at radius 2 is 2.08 bits per heavy atom. The zero-order chi connectivity index (χ0) is 18.4. The number of amides is 1. The van der Waals surface area contributed by atoms with Gasteiger partial charge in [-0.1, -0.05) is 13.0 Å². The molecule has 2 rings (SSSR count). The highest BCUT2D eigenvalue weighted by atomic mass is 32.1. The summed E-state index contributed by atoms with van der Waals surface area (Å²) in [6.45, 7) is 3.90. The highest BCUT2D eigenvalue weighted by molar-refractivity contribution is 7.80. The SMILES string of the molecule is CCc1c(C)sc(NC(=S)NNC(=O)c2ccccn2)c1C(=O)OC. The number of nitrogens with zero attached hydrogens (tertiary/aromatic N) is 1. The van der Waals surface area contributed by atoms with Crippen molar-refractivity contribution in [3.63, 3.8) is 0 Å². The van der Waals surface area contributed by atoms with Gasteiger partial charge in [-0.25, -0.2) is 4.79 Å². The molecule has 0 fully saturated rings. The highest BCUT2D eigenvalue weighted by Gasteiger charge is 2.22. The lowest BCUT2D eigenvalue weighted by atomic mass is 10.1. The number of ether oxygens (including phenoxy) is 1. The van der Waals surface area contributed by atoms with Gasteiger partial charge < -0.3 is 10.1 Å². The van der Waals surface area contributed by atoms with E-state index in [2.05, 4.69) is 21.2 Å². The van der Waals surface area contributed by atoms with Gasteiger partial charge in [0.2, 0.25) is 0 Å². The largest absolute Gasteiger partial charge is 0.465 e. The van der Waals surface area contributed by atoms with Crippen molar-refractivity contribution in [3.05, 3.63) is 46.1 Å². The average molecular weight is 378 g/mol. The number of rotatable bonds is 4. The Bertz CT molecular complexity index is 790. The number of carbonyl (C=O) groups excluding carboxylic acids is 2. The van der Waals surface area contributed by atoms with E-state index in [-0.39, 0.29) is 10.8 Å². The van der Waals surface area contributed by atoms with Crippen molar-refractivity contribution in [1.29, 1.82) is 0 Å². The van der Waals surface area contributed by atoms with E-state index in [0.29, 0.717) is 17.0 Å². The Morgan fingerprint density at radius 1 is 1.32 bits per heavy atom. The number of aryl methyl sites for hydroxylation is 1. The number of aromatic nitrogens is 1. The molecule has 2 aromatic heterocycles. The fourth-order valence-corrected chi connectivity index (χ4v) is 3.57. The molecule has 25 heavy (non-hydrogen) atoms. The first-order valence-electron chi connectivity index (χ1n) is 7.46. The summed E-state index contributed by atoms with van der Waals surface area (Å²) < 4.78 is 4.86. The molecule has 0 bridgehead atoms. The molecule has 0 aliphatic heterocycles. The molecule has 1 amide bonds. The van der Waals surface area contributed by atoms with Gasteiger partial charge >= 0.3 is 5.97 Å². The summed E-state index contributed by atoms with van der Waals surface area (Å²) in [4.78, 5) is 28.9. The van der Waals surface area contributed by atoms with E-state index in [1.165, 1.54) is 24.6 Å². The van der Waals surface area contributed by atoms with Gasteiger partial charge in [-0.15, -0.1) is 11.3 Å². The molecule has 0 radical (unpaired) electrons. The predicted molar refractivity (Wildman–Crippen MR) is 101 cm³/mol. The molecule has 0 aliphatic carbocycles. The quantitative estimate of drug-likeness (QED) is 0.427. The zero-order valence-electron chi connectivity index (χ0n) is 14.0. The van der Waals surface area contributed by atoms with Crippen molar-refractivity contribution in [1.82, 2.24) is 15.8 Å². The van der Waals surface area contributed by atoms with Gasteiger partial charge in [0.15, 0.2) is 5.11 Å². The molecule has 132 valence electrons. The predicted octanol–water partition coefficient (Wildman–Crippen LogP) is 2.43. The van der Waals surface area contributed by atoms with Crippen molar-refractivity contribution < 1.29 is 14.3 Å². The van der Waals surface area contributed by atoms with Crippen molar-refractivity contribution >= 4 is 45.5 Å². The van der Waals surface area contributed by atoms with Crippen LogP contribution in [0.3, 0.4) is 0 Å². The number of thiocarbonyl (C=S) groups is 1. The van der Waals surface area contributed by atoms with Crippen molar-refractivity contribution in [3.8, 4) is 0 Å². The monoisotopic (exact) mass is 378 g/mol. The van der Waals surface area contributed by atoms with Crippen LogP contribution in [-0.4, -0.2) is 29.1 Å². The number of thiophene rings is 1. The fraction of sp³-hybridized carbons (Fsp3) is 0.250. The fourth-order valence-electron chi connectivity index (χ4n) is 2.22. The molecule has 0 atom stereocenters. The van der Waals surface area contributed by atoms with E-state index < -0.39 is 11.9 Å². The summed E-state index contributed by atoms with van der Waals surface area (Å²) in [7, 11) is 1.34. The number of methoxy groups -OCH3 is 1. The second kappa shape index (κ2) is 8.54. The molecule has 0 aromatic carbocycles. The van der Waals surface area contributed by atoms with Crippen LogP contribution in [0.25, 0.3) is 0 Å². The van der Waals surface area contributed by atoms with E-state index in [9.17, 15) is 9.59 Å². The molecule has 2 heterocycles. The standard InChI is InChI=1S/C16H18N4O3S2/c1-4-10-9(2)25-14(12(10)15(22)23-3)18-16(24)20-19-13(21)11-7-5-6-8-17-11/h5-8H,4H2,1-3H3,(H,19,21)(H2,18,20,24). The number of hydrazine groups is 1. The van der Waals surface area contributed by atoms with Crippen LogP contribution in [0.5, 0.6) is 0 Å². The minimum Gasteiger partial charge on any atom is -0.465 e. The Balaban J connectivity index is 2.06. The van der Waals surface area contributed by atoms with E-state index in [4.69, 9.17) is 17.0 Å². The number of carbonyl (C=O) groups is 2. The molecule has 0 aliphatic rings. The van der Waals surface area contributed by atoms with Crippen molar-refractivity contribution in [2.24, 2.45) is 0 Å². The van der Waals surface area contributed by atoms with Gasteiger partial charge in [0, 0.05) is 11.1 Å². The Hall–Kier alpha value is -2.52. The van der Waals surface area contributed by atoms with Crippen LogP contribution in [0.1, 0.15) is 38.2 Å². The minimum atomic E-state index is -0.427. The van der Waals surface area contributed by atoms with Crippen molar-refractivity contribution in [2.45, 2.75) is 20.3 Å². The number of pyridine rings is 1. The minimum absolute atomic E-state index is 0.151. The number of esters is 1. The van der Waals surface area contributed by atoms with Crippen LogP contribution in [0, 0.1) is 6.92 Å². The summed E-state index contributed by atoms with van der Waals surface area (Å²) >= 11 is 6.58. The molecule has 0 unspecified atom stereocenters. The topological polar surface area (TPSA) is 92.4 Å². The number of hydrogen-bond donors (Lipinski definition) is 3. The molecular weight excluding hydrogens is 360 g/mol. The number of nitrogens with one attached hydrogen (secondary N) is 3.